The highest BCUT2D eigenvalue weighted by Crippen LogP contribution is 2.34. The van der Waals surface area contributed by atoms with Crippen LogP contribution < -0.4 is 10.6 Å². The van der Waals surface area contributed by atoms with Gasteiger partial charge in [0.05, 0.1) is 12.6 Å². The highest BCUT2D eigenvalue weighted by Gasteiger charge is 2.43. The van der Waals surface area contributed by atoms with Crippen molar-refractivity contribution >= 4 is 5.91 Å². The van der Waals surface area contributed by atoms with E-state index in [2.05, 4.69) is 10.6 Å². The fourth-order valence-corrected chi connectivity index (χ4v) is 1.43. The molecule has 0 aromatic heterocycles. The fourth-order valence-electron chi connectivity index (χ4n) is 1.43. The first-order valence-electron chi connectivity index (χ1n) is 5.30. The summed E-state index contributed by atoms with van der Waals surface area (Å²) in [6.45, 7) is 4.70. The van der Waals surface area contributed by atoms with Gasteiger partial charge in [-0.1, -0.05) is 6.92 Å². The summed E-state index contributed by atoms with van der Waals surface area (Å²) in [5, 5.41) is 15.1. The molecule has 0 radical (unpaired) electrons. The number of hydrogen-bond acceptors (Lipinski definition) is 3. The lowest BCUT2D eigenvalue weighted by Crippen LogP contribution is -2.49. The van der Waals surface area contributed by atoms with Crippen molar-refractivity contribution in [1.82, 2.24) is 10.6 Å². The van der Waals surface area contributed by atoms with Crippen LogP contribution in [0.5, 0.6) is 0 Å². The van der Waals surface area contributed by atoms with Crippen LogP contribution in [0, 0.1) is 0 Å². The zero-order chi connectivity index (χ0) is 10.6. The van der Waals surface area contributed by atoms with Crippen molar-refractivity contribution in [2.24, 2.45) is 0 Å². The molecule has 0 saturated heterocycles. The van der Waals surface area contributed by atoms with Gasteiger partial charge in [0.25, 0.3) is 0 Å². The molecule has 0 bridgehead atoms. The van der Waals surface area contributed by atoms with E-state index < -0.39 is 0 Å². The fraction of sp³-hybridized carbons (Fsp3) is 0.900. The molecule has 1 unspecified atom stereocenters. The second-order valence-electron chi connectivity index (χ2n) is 4.10. The normalized spacial score (nSPS) is 20.2. The largest absolute Gasteiger partial charge is 0.394 e. The van der Waals surface area contributed by atoms with Gasteiger partial charge in [-0.05, 0) is 26.2 Å². The van der Waals surface area contributed by atoms with Crippen LogP contribution >= 0.6 is 0 Å². The molecule has 0 aromatic carbocycles. The average Bonchev–Trinajstić information content (AvgIpc) is 2.94. The van der Waals surface area contributed by atoms with Gasteiger partial charge in [0.2, 0.25) is 5.91 Å². The maximum Gasteiger partial charge on any atom is 0.236 e. The lowest BCUT2D eigenvalue weighted by molar-refractivity contribution is -0.123. The van der Waals surface area contributed by atoms with Crippen LogP contribution in [0.3, 0.4) is 0 Å². The van der Waals surface area contributed by atoms with Crippen LogP contribution in [-0.2, 0) is 4.79 Å². The highest BCUT2D eigenvalue weighted by atomic mass is 16.3. The number of aliphatic hydroxyl groups excluding tert-OH is 1. The topological polar surface area (TPSA) is 61.4 Å². The summed E-state index contributed by atoms with van der Waals surface area (Å²) in [5.41, 5.74) is -0.164. The van der Waals surface area contributed by atoms with Crippen molar-refractivity contribution in [3.8, 4) is 0 Å². The first-order chi connectivity index (χ1) is 6.63. The third-order valence-electron chi connectivity index (χ3n) is 2.62. The molecule has 1 aliphatic rings. The minimum Gasteiger partial charge on any atom is -0.394 e. The SMILES string of the molecule is CCCNC(=O)C(C)NC1(CO)CC1. The van der Waals surface area contributed by atoms with Crippen LogP contribution in [0.1, 0.15) is 33.1 Å². The molecule has 1 amide bonds. The Bertz CT molecular complexity index is 202. The first-order valence-corrected chi connectivity index (χ1v) is 5.30. The molecule has 0 heterocycles. The summed E-state index contributed by atoms with van der Waals surface area (Å²) in [7, 11) is 0. The Kier molecular flexibility index (Phi) is 3.89. The monoisotopic (exact) mass is 200 g/mol. The molecule has 1 saturated carbocycles. The van der Waals surface area contributed by atoms with Crippen LogP contribution in [0.2, 0.25) is 0 Å². The van der Waals surface area contributed by atoms with Gasteiger partial charge in [-0.3, -0.25) is 10.1 Å². The summed E-state index contributed by atoms with van der Waals surface area (Å²) in [6.07, 6.45) is 2.88. The molecular weight excluding hydrogens is 180 g/mol. The van der Waals surface area contributed by atoms with Gasteiger partial charge >= 0.3 is 0 Å². The molecule has 3 N–H and O–H groups in total. The minimum atomic E-state index is -0.212. The van der Waals surface area contributed by atoms with E-state index in [0.29, 0.717) is 0 Å². The van der Waals surface area contributed by atoms with E-state index in [4.69, 9.17) is 5.11 Å². The lowest BCUT2D eigenvalue weighted by atomic mass is 10.2. The number of nitrogens with one attached hydrogen (secondary N) is 2. The third kappa shape index (κ3) is 2.96. The summed E-state index contributed by atoms with van der Waals surface area (Å²) < 4.78 is 0. The number of amides is 1. The van der Waals surface area contributed by atoms with E-state index >= 15 is 0 Å². The van der Waals surface area contributed by atoms with Crippen LogP contribution in [-0.4, -0.2) is 35.7 Å². The van der Waals surface area contributed by atoms with Gasteiger partial charge in [0.15, 0.2) is 0 Å². The van der Waals surface area contributed by atoms with Crippen molar-refractivity contribution in [3.05, 3.63) is 0 Å². The molecule has 1 atom stereocenters. The lowest BCUT2D eigenvalue weighted by Gasteiger charge is -2.20. The van der Waals surface area contributed by atoms with Crippen molar-refractivity contribution in [2.75, 3.05) is 13.2 Å². The van der Waals surface area contributed by atoms with Gasteiger partial charge in [-0.25, -0.2) is 0 Å². The van der Waals surface area contributed by atoms with Crippen LogP contribution in [0.4, 0.5) is 0 Å². The van der Waals surface area contributed by atoms with E-state index in [-0.39, 0.29) is 24.1 Å². The molecule has 14 heavy (non-hydrogen) atoms. The van der Waals surface area contributed by atoms with Crippen molar-refractivity contribution < 1.29 is 9.90 Å². The van der Waals surface area contributed by atoms with Crippen molar-refractivity contribution in [2.45, 2.75) is 44.7 Å². The van der Waals surface area contributed by atoms with E-state index in [0.717, 1.165) is 25.8 Å². The summed E-state index contributed by atoms with van der Waals surface area (Å²) >= 11 is 0. The standard InChI is InChI=1S/C10H20N2O2/c1-3-6-11-9(14)8(2)12-10(7-13)4-5-10/h8,12-13H,3-7H2,1-2H3,(H,11,14). The number of rotatable bonds is 6. The van der Waals surface area contributed by atoms with Gasteiger partial charge in [-0.2, -0.15) is 0 Å². The Labute approximate surface area is 85.1 Å². The van der Waals surface area contributed by atoms with E-state index in [1.54, 1.807) is 0 Å². The Morgan fingerprint density at radius 1 is 1.57 bits per heavy atom. The van der Waals surface area contributed by atoms with Gasteiger partial charge in [0, 0.05) is 12.1 Å². The zero-order valence-corrected chi connectivity index (χ0v) is 8.97. The van der Waals surface area contributed by atoms with Gasteiger partial charge < -0.3 is 10.4 Å². The second kappa shape index (κ2) is 4.75. The molecule has 1 rings (SSSR count). The minimum absolute atomic E-state index is 0.0200. The first kappa shape index (κ1) is 11.5. The molecule has 82 valence electrons. The van der Waals surface area contributed by atoms with Crippen molar-refractivity contribution in [3.63, 3.8) is 0 Å². The highest BCUT2D eigenvalue weighted by molar-refractivity contribution is 5.81. The predicted molar refractivity (Wildman–Crippen MR) is 54.9 cm³/mol. The smallest absolute Gasteiger partial charge is 0.236 e. The predicted octanol–water partition coefficient (Wildman–Crippen LogP) is 0.0156. The van der Waals surface area contributed by atoms with Crippen LogP contribution in [0.15, 0.2) is 0 Å². The Balaban J connectivity index is 2.26. The molecule has 0 aliphatic heterocycles. The Morgan fingerprint density at radius 2 is 2.21 bits per heavy atom. The van der Waals surface area contributed by atoms with E-state index in [1.807, 2.05) is 13.8 Å². The molecule has 0 aromatic rings. The maximum atomic E-state index is 11.5. The molecule has 4 heteroatoms. The van der Waals surface area contributed by atoms with E-state index in [9.17, 15) is 4.79 Å². The van der Waals surface area contributed by atoms with Crippen LogP contribution in [0.25, 0.3) is 0 Å². The maximum absolute atomic E-state index is 11.5. The quantitative estimate of drug-likeness (QED) is 0.566. The van der Waals surface area contributed by atoms with Gasteiger partial charge in [-0.15, -0.1) is 0 Å². The molecule has 4 nitrogen and oxygen atoms in total. The Hall–Kier alpha value is -0.610. The number of carbonyl (C=O) groups is 1. The summed E-state index contributed by atoms with van der Waals surface area (Å²) in [5.74, 6) is 0.0200. The zero-order valence-electron chi connectivity index (χ0n) is 8.97. The van der Waals surface area contributed by atoms with Crippen molar-refractivity contribution in [1.29, 1.82) is 0 Å². The molecule has 1 fully saturated rings. The number of aliphatic hydroxyl groups is 1. The van der Waals surface area contributed by atoms with Gasteiger partial charge in [0.1, 0.15) is 0 Å². The number of hydrogen-bond donors (Lipinski definition) is 3. The van der Waals surface area contributed by atoms with E-state index in [1.165, 1.54) is 0 Å². The number of carbonyl (C=O) groups excluding carboxylic acids is 1. The second-order valence-corrected chi connectivity index (χ2v) is 4.10. The molecule has 1 aliphatic carbocycles. The summed E-state index contributed by atoms with van der Waals surface area (Å²) in [4.78, 5) is 11.5. The summed E-state index contributed by atoms with van der Waals surface area (Å²) in [6, 6.07) is -0.212. The third-order valence-corrected chi connectivity index (χ3v) is 2.62. The molecule has 0 spiro atoms. The Morgan fingerprint density at radius 3 is 2.64 bits per heavy atom. The molecular formula is C10H20N2O2. The average molecular weight is 200 g/mol.